The first kappa shape index (κ1) is 19.4. The molecule has 0 radical (unpaired) electrons. The molecule has 27 heavy (non-hydrogen) atoms. The fraction of sp³-hybridized carbons (Fsp3) is 0.478. The maximum atomic E-state index is 13.0. The number of imide groups is 1. The second-order valence-corrected chi connectivity index (χ2v) is 7.75. The second-order valence-electron chi connectivity index (χ2n) is 7.75. The van der Waals surface area contributed by atoms with Crippen molar-refractivity contribution in [2.45, 2.75) is 65.0 Å². The lowest BCUT2D eigenvalue weighted by Gasteiger charge is -2.27. The molecule has 0 unspecified atom stereocenters. The highest BCUT2D eigenvalue weighted by Crippen LogP contribution is 2.30. The zero-order valence-corrected chi connectivity index (χ0v) is 16.6. The van der Waals surface area contributed by atoms with Crippen molar-refractivity contribution in [3.05, 3.63) is 48.0 Å². The topological polar surface area (TPSA) is 49.4 Å². The lowest BCUT2D eigenvalue weighted by Crippen LogP contribution is -2.46. The van der Waals surface area contributed by atoms with Crippen LogP contribution >= 0.6 is 0 Å². The Morgan fingerprint density at radius 1 is 1.19 bits per heavy atom. The van der Waals surface area contributed by atoms with Crippen LogP contribution in [0.3, 0.4) is 0 Å². The number of nitrogens with one attached hydrogen (secondary N) is 1. The standard InChI is InChI=1S/C23H30N2O2/c1-4-5-6-14-21-16(2)15-22(26)25(21)23(27)24-17(3)19-13-9-11-18-10-7-8-12-20(18)19/h7-13,16-17,21H,4-6,14-15H2,1-3H3,(H,24,27)/t16-,17-,21-/m1/s1. The van der Waals surface area contributed by atoms with Gasteiger partial charge in [-0.15, -0.1) is 0 Å². The van der Waals surface area contributed by atoms with Gasteiger partial charge < -0.3 is 5.32 Å². The van der Waals surface area contributed by atoms with Crippen LogP contribution < -0.4 is 5.32 Å². The van der Waals surface area contributed by atoms with Crippen molar-refractivity contribution in [2.75, 3.05) is 0 Å². The number of fused-ring (bicyclic) bond motifs is 1. The molecule has 1 heterocycles. The minimum absolute atomic E-state index is 0.0174. The van der Waals surface area contributed by atoms with Crippen LogP contribution in [0.1, 0.15) is 64.5 Å². The summed E-state index contributed by atoms with van der Waals surface area (Å²) in [7, 11) is 0. The number of nitrogens with zero attached hydrogens (tertiary/aromatic N) is 1. The van der Waals surface area contributed by atoms with Gasteiger partial charge in [0.2, 0.25) is 5.91 Å². The monoisotopic (exact) mass is 366 g/mol. The summed E-state index contributed by atoms with van der Waals surface area (Å²) in [6, 6.07) is 13.9. The third-order valence-corrected chi connectivity index (χ3v) is 5.71. The van der Waals surface area contributed by atoms with Gasteiger partial charge in [0.15, 0.2) is 0 Å². The van der Waals surface area contributed by atoms with E-state index in [1.807, 2.05) is 31.2 Å². The Morgan fingerprint density at radius 3 is 2.70 bits per heavy atom. The molecule has 3 atom stereocenters. The maximum Gasteiger partial charge on any atom is 0.324 e. The van der Waals surface area contributed by atoms with Crippen LogP contribution in [-0.2, 0) is 4.79 Å². The van der Waals surface area contributed by atoms with Crippen LogP contribution in [0, 0.1) is 5.92 Å². The van der Waals surface area contributed by atoms with Crippen molar-refractivity contribution >= 4 is 22.7 Å². The minimum Gasteiger partial charge on any atom is -0.331 e. The van der Waals surface area contributed by atoms with Gasteiger partial charge in [0, 0.05) is 12.5 Å². The Kier molecular flexibility index (Phi) is 6.15. The molecule has 3 rings (SSSR count). The molecule has 1 N–H and O–H groups in total. The quantitative estimate of drug-likeness (QED) is 0.693. The van der Waals surface area contributed by atoms with Crippen LogP contribution in [0.5, 0.6) is 0 Å². The number of likely N-dealkylation sites (tertiary alicyclic amines) is 1. The minimum atomic E-state index is -0.258. The zero-order chi connectivity index (χ0) is 19.4. The van der Waals surface area contributed by atoms with Crippen LogP contribution in [0.15, 0.2) is 42.5 Å². The highest BCUT2D eigenvalue weighted by atomic mass is 16.2. The predicted octanol–water partition coefficient (Wildman–Crippen LogP) is 5.43. The third-order valence-electron chi connectivity index (χ3n) is 5.71. The number of carbonyl (C=O) groups excluding carboxylic acids is 2. The fourth-order valence-electron chi connectivity index (χ4n) is 4.19. The van der Waals surface area contributed by atoms with Gasteiger partial charge in [-0.2, -0.15) is 0 Å². The van der Waals surface area contributed by atoms with Crippen molar-refractivity contribution < 1.29 is 9.59 Å². The third kappa shape index (κ3) is 4.15. The average molecular weight is 367 g/mol. The first-order valence-electron chi connectivity index (χ1n) is 10.1. The van der Waals surface area contributed by atoms with Crippen LogP contribution in [-0.4, -0.2) is 22.9 Å². The van der Waals surface area contributed by atoms with Crippen molar-refractivity contribution in [3.63, 3.8) is 0 Å². The van der Waals surface area contributed by atoms with E-state index in [4.69, 9.17) is 0 Å². The number of hydrogen-bond acceptors (Lipinski definition) is 2. The number of rotatable bonds is 6. The molecule has 2 aromatic carbocycles. The summed E-state index contributed by atoms with van der Waals surface area (Å²) < 4.78 is 0. The molecule has 1 aliphatic heterocycles. The summed E-state index contributed by atoms with van der Waals surface area (Å²) in [6.07, 6.45) is 4.70. The van der Waals surface area contributed by atoms with Gasteiger partial charge in [-0.1, -0.05) is 75.6 Å². The Bertz CT molecular complexity index is 812. The van der Waals surface area contributed by atoms with Crippen LogP contribution in [0.25, 0.3) is 10.8 Å². The van der Waals surface area contributed by atoms with Gasteiger partial charge in [0.1, 0.15) is 0 Å². The average Bonchev–Trinajstić information content (AvgIpc) is 2.94. The Balaban J connectivity index is 1.75. The first-order valence-corrected chi connectivity index (χ1v) is 10.1. The van der Waals surface area contributed by atoms with Crippen molar-refractivity contribution in [2.24, 2.45) is 5.92 Å². The SMILES string of the molecule is CCCCC[C@@H]1[C@H](C)CC(=O)N1C(=O)N[C@H](C)c1cccc2ccccc12. The first-order chi connectivity index (χ1) is 13.0. The van der Waals surface area contributed by atoms with Crippen molar-refractivity contribution in [1.29, 1.82) is 0 Å². The van der Waals surface area contributed by atoms with Crippen LogP contribution in [0.2, 0.25) is 0 Å². The Labute approximate surface area is 161 Å². The highest BCUT2D eigenvalue weighted by molar-refractivity contribution is 5.97. The van der Waals surface area contributed by atoms with Gasteiger partial charge in [0.05, 0.1) is 6.04 Å². The molecule has 0 spiro atoms. The molecule has 0 saturated carbocycles. The van der Waals surface area contributed by atoms with E-state index in [0.717, 1.165) is 42.0 Å². The molecule has 4 nitrogen and oxygen atoms in total. The molecule has 1 fully saturated rings. The fourth-order valence-corrected chi connectivity index (χ4v) is 4.19. The molecule has 0 bridgehead atoms. The van der Waals surface area contributed by atoms with E-state index >= 15 is 0 Å². The maximum absolute atomic E-state index is 13.0. The van der Waals surface area contributed by atoms with Gasteiger partial charge in [-0.25, -0.2) is 4.79 Å². The van der Waals surface area contributed by atoms with E-state index in [1.54, 1.807) is 0 Å². The summed E-state index contributed by atoms with van der Waals surface area (Å²) in [5.74, 6) is 0.180. The largest absolute Gasteiger partial charge is 0.331 e. The van der Waals surface area contributed by atoms with Gasteiger partial charge >= 0.3 is 6.03 Å². The van der Waals surface area contributed by atoms with Gasteiger partial charge in [-0.3, -0.25) is 9.69 Å². The predicted molar refractivity (Wildman–Crippen MR) is 109 cm³/mol. The number of urea groups is 1. The Hall–Kier alpha value is -2.36. The molecule has 0 aliphatic carbocycles. The molecule has 1 saturated heterocycles. The summed E-state index contributed by atoms with van der Waals surface area (Å²) in [6.45, 7) is 6.23. The molecular formula is C23H30N2O2. The lowest BCUT2D eigenvalue weighted by molar-refractivity contribution is -0.126. The van der Waals surface area contributed by atoms with Crippen LogP contribution in [0.4, 0.5) is 4.79 Å². The van der Waals surface area contributed by atoms with E-state index in [0.29, 0.717) is 6.42 Å². The molecule has 3 amide bonds. The highest BCUT2D eigenvalue weighted by Gasteiger charge is 2.40. The normalized spacial score (nSPS) is 20.9. The molecule has 0 aromatic heterocycles. The van der Waals surface area contributed by atoms with E-state index in [2.05, 4.69) is 37.4 Å². The second kappa shape index (κ2) is 8.55. The molecule has 2 aromatic rings. The zero-order valence-electron chi connectivity index (χ0n) is 16.6. The summed E-state index contributed by atoms with van der Waals surface area (Å²) in [5.41, 5.74) is 1.07. The van der Waals surface area contributed by atoms with E-state index in [-0.39, 0.29) is 29.9 Å². The van der Waals surface area contributed by atoms with Gasteiger partial charge in [-0.05, 0) is 35.6 Å². The van der Waals surface area contributed by atoms with Gasteiger partial charge in [0.25, 0.3) is 0 Å². The van der Waals surface area contributed by atoms with E-state index < -0.39 is 0 Å². The number of carbonyl (C=O) groups is 2. The number of benzene rings is 2. The van der Waals surface area contributed by atoms with E-state index in [1.165, 1.54) is 4.90 Å². The molecular weight excluding hydrogens is 336 g/mol. The summed E-state index contributed by atoms with van der Waals surface area (Å²) >= 11 is 0. The summed E-state index contributed by atoms with van der Waals surface area (Å²) in [5, 5.41) is 5.35. The number of amides is 3. The summed E-state index contributed by atoms with van der Waals surface area (Å²) in [4.78, 5) is 26.9. The molecule has 144 valence electrons. The lowest BCUT2D eigenvalue weighted by atomic mass is 9.97. The van der Waals surface area contributed by atoms with E-state index in [9.17, 15) is 9.59 Å². The molecule has 1 aliphatic rings. The smallest absolute Gasteiger partial charge is 0.324 e. The molecule has 4 heteroatoms. The Morgan fingerprint density at radius 2 is 1.93 bits per heavy atom. The van der Waals surface area contributed by atoms with Crippen molar-refractivity contribution in [3.8, 4) is 0 Å². The number of unbranched alkanes of at least 4 members (excludes halogenated alkanes) is 2. The number of hydrogen-bond donors (Lipinski definition) is 1. The van der Waals surface area contributed by atoms with Crippen molar-refractivity contribution in [1.82, 2.24) is 10.2 Å².